The molecule has 1 amide bonds. The van der Waals surface area contributed by atoms with Gasteiger partial charge in [-0.2, -0.15) is 0 Å². The Balaban J connectivity index is 1.37. The van der Waals surface area contributed by atoms with Gasteiger partial charge < -0.3 is 15.1 Å². The van der Waals surface area contributed by atoms with Crippen LogP contribution in [-0.4, -0.2) is 42.3 Å². The molecule has 0 bridgehead atoms. The normalized spacial score (nSPS) is 14.0. The topological polar surface area (TPSA) is 61.4 Å². The minimum absolute atomic E-state index is 0.0531. The molecule has 1 aromatic heterocycles. The lowest BCUT2D eigenvalue weighted by Gasteiger charge is -2.36. The maximum atomic E-state index is 14.0. The Labute approximate surface area is 166 Å². The number of hydrogen-bond acceptors (Lipinski definition) is 5. The van der Waals surface area contributed by atoms with E-state index in [-0.39, 0.29) is 17.2 Å². The van der Waals surface area contributed by atoms with Gasteiger partial charge in [0.05, 0.1) is 11.3 Å². The molecule has 0 spiro atoms. The van der Waals surface area contributed by atoms with E-state index in [2.05, 4.69) is 15.5 Å². The van der Waals surface area contributed by atoms with Crippen LogP contribution in [0.4, 0.5) is 26.1 Å². The summed E-state index contributed by atoms with van der Waals surface area (Å²) < 4.78 is 27.7. The van der Waals surface area contributed by atoms with Crippen LogP contribution in [0.2, 0.25) is 0 Å². The molecule has 1 aliphatic heterocycles. The van der Waals surface area contributed by atoms with E-state index in [1.54, 1.807) is 30.3 Å². The first-order valence-electron chi connectivity index (χ1n) is 9.26. The zero-order chi connectivity index (χ0) is 20.2. The van der Waals surface area contributed by atoms with Crippen LogP contribution in [-0.2, 0) is 0 Å². The number of carbonyl (C=O) groups excluding carboxylic acids is 1. The first-order chi connectivity index (χ1) is 14.1. The molecule has 2 heterocycles. The van der Waals surface area contributed by atoms with Crippen molar-refractivity contribution >= 4 is 23.2 Å². The molecule has 1 fully saturated rings. The summed E-state index contributed by atoms with van der Waals surface area (Å²) in [5, 5.41) is 10.7. The van der Waals surface area contributed by atoms with Gasteiger partial charge >= 0.3 is 0 Å². The summed E-state index contributed by atoms with van der Waals surface area (Å²) in [7, 11) is 0. The molecule has 0 atom stereocenters. The molecular formula is C21H19F2N5O. The molecule has 1 aliphatic rings. The van der Waals surface area contributed by atoms with Crippen molar-refractivity contribution in [1.29, 1.82) is 0 Å². The van der Waals surface area contributed by atoms with E-state index < -0.39 is 11.7 Å². The number of carbonyl (C=O) groups is 1. The Bertz CT molecular complexity index is 1000. The minimum Gasteiger partial charge on any atom is -0.366 e. The first-order valence-corrected chi connectivity index (χ1v) is 9.26. The number of nitrogens with one attached hydrogen (secondary N) is 1. The van der Waals surface area contributed by atoms with Gasteiger partial charge in [-0.1, -0.05) is 24.3 Å². The van der Waals surface area contributed by atoms with Gasteiger partial charge in [-0.05, 0) is 36.4 Å². The SMILES string of the molecule is O=C(Nc1ccc(N2CCN(c3ccccc3F)CC2)nn1)c1ccccc1F. The summed E-state index contributed by atoms with van der Waals surface area (Å²) in [5.74, 6) is -0.490. The van der Waals surface area contributed by atoms with Gasteiger partial charge in [0.2, 0.25) is 0 Å². The van der Waals surface area contributed by atoms with E-state index in [9.17, 15) is 13.6 Å². The first kappa shape index (κ1) is 18.8. The molecule has 4 rings (SSSR count). The quantitative estimate of drug-likeness (QED) is 0.734. The second-order valence-electron chi connectivity index (χ2n) is 6.64. The van der Waals surface area contributed by atoms with Crippen molar-refractivity contribution in [2.24, 2.45) is 0 Å². The summed E-state index contributed by atoms with van der Waals surface area (Å²) in [4.78, 5) is 16.2. The highest BCUT2D eigenvalue weighted by molar-refractivity contribution is 6.03. The molecular weight excluding hydrogens is 376 g/mol. The molecule has 148 valence electrons. The van der Waals surface area contributed by atoms with Crippen molar-refractivity contribution in [2.45, 2.75) is 0 Å². The molecule has 8 heteroatoms. The fraction of sp³-hybridized carbons (Fsp3) is 0.190. The van der Waals surface area contributed by atoms with Crippen molar-refractivity contribution in [3.05, 3.63) is 77.9 Å². The second-order valence-corrected chi connectivity index (χ2v) is 6.64. The van der Waals surface area contributed by atoms with Gasteiger partial charge in [0, 0.05) is 26.2 Å². The summed E-state index contributed by atoms with van der Waals surface area (Å²) in [5.41, 5.74) is 0.548. The van der Waals surface area contributed by atoms with Crippen LogP contribution < -0.4 is 15.1 Å². The number of benzene rings is 2. The molecule has 0 radical (unpaired) electrons. The summed E-state index contributed by atoms with van der Waals surface area (Å²) in [6, 6.07) is 15.9. The summed E-state index contributed by atoms with van der Waals surface area (Å²) in [6.07, 6.45) is 0. The number of aromatic nitrogens is 2. The molecule has 3 aromatic rings. The lowest BCUT2D eigenvalue weighted by molar-refractivity contribution is 0.102. The van der Waals surface area contributed by atoms with Crippen molar-refractivity contribution < 1.29 is 13.6 Å². The highest BCUT2D eigenvalue weighted by Crippen LogP contribution is 2.22. The number of para-hydroxylation sites is 1. The number of halogens is 2. The zero-order valence-electron chi connectivity index (χ0n) is 15.6. The number of nitrogens with zero attached hydrogens (tertiary/aromatic N) is 4. The molecule has 6 nitrogen and oxygen atoms in total. The van der Waals surface area contributed by atoms with Crippen molar-refractivity contribution in [3.63, 3.8) is 0 Å². The maximum absolute atomic E-state index is 14.0. The Hall–Kier alpha value is -3.55. The number of anilines is 3. The molecule has 0 saturated carbocycles. The van der Waals surface area contributed by atoms with Crippen molar-refractivity contribution in [2.75, 3.05) is 41.3 Å². The van der Waals surface area contributed by atoms with Gasteiger partial charge in [0.15, 0.2) is 11.6 Å². The van der Waals surface area contributed by atoms with E-state index in [0.29, 0.717) is 37.7 Å². The van der Waals surface area contributed by atoms with Crippen LogP contribution in [0.15, 0.2) is 60.7 Å². The van der Waals surface area contributed by atoms with E-state index in [0.717, 1.165) is 0 Å². The fourth-order valence-corrected chi connectivity index (χ4v) is 3.27. The van der Waals surface area contributed by atoms with Gasteiger partial charge in [0.1, 0.15) is 11.6 Å². The molecule has 1 N–H and O–H groups in total. The average molecular weight is 395 g/mol. The van der Waals surface area contributed by atoms with Crippen molar-refractivity contribution in [3.8, 4) is 0 Å². The van der Waals surface area contributed by atoms with Crippen LogP contribution in [0.1, 0.15) is 10.4 Å². The summed E-state index contributed by atoms with van der Waals surface area (Å²) >= 11 is 0. The van der Waals surface area contributed by atoms with E-state index in [1.807, 2.05) is 15.9 Å². The number of rotatable bonds is 4. The minimum atomic E-state index is -0.595. The monoisotopic (exact) mass is 395 g/mol. The van der Waals surface area contributed by atoms with E-state index in [4.69, 9.17) is 0 Å². The third kappa shape index (κ3) is 4.16. The predicted molar refractivity (Wildman–Crippen MR) is 107 cm³/mol. The van der Waals surface area contributed by atoms with E-state index in [1.165, 1.54) is 24.3 Å². The molecule has 1 saturated heterocycles. The third-order valence-electron chi connectivity index (χ3n) is 4.81. The average Bonchev–Trinajstić information content (AvgIpc) is 2.75. The Morgan fingerprint density at radius 2 is 1.45 bits per heavy atom. The smallest absolute Gasteiger partial charge is 0.259 e. The Morgan fingerprint density at radius 3 is 2.10 bits per heavy atom. The van der Waals surface area contributed by atoms with Crippen LogP contribution in [0.5, 0.6) is 0 Å². The highest BCUT2D eigenvalue weighted by Gasteiger charge is 2.20. The van der Waals surface area contributed by atoms with Crippen LogP contribution in [0, 0.1) is 11.6 Å². The third-order valence-corrected chi connectivity index (χ3v) is 4.81. The van der Waals surface area contributed by atoms with E-state index >= 15 is 0 Å². The highest BCUT2D eigenvalue weighted by atomic mass is 19.1. The molecule has 2 aromatic carbocycles. The predicted octanol–water partition coefficient (Wildman–Crippen LogP) is 3.33. The van der Waals surface area contributed by atoms with Gasteiger partial charge in [-0.3, -0.25) is 4.79 Å². The molecule has 29 heavy (non-hydrogen) atoms. The maximum Gasteiger partial charge on any atom is 0.259 e. The Kier molecular flexibility index (Phi) is 5.33. The van der Waals surface area contributed by atoms with Crippen LogP contribution >= 0.6 is 0 Å². The molecule has 0 aliphatic carbocycles. The van der Waals surface area contributed by atoms with Crippen molar-refractivity contribution in [1.82, 2.24) is 10.2 Å². The summed E-state index contributed by atoms with van der Waals surface area (Å²) in [6.45, 7) is 2.66. The standard InChI is InChI=1S/C21H19F2N5O/c22-16-6-2-1-5-15(16)21(29)24-19-9-10-20(26-25-19)28-13-11-27(12-14-28)18-8-4-3-7-17(18)23/h1-10H,11-14H2,(H,24,25,29). The van der Waals surface area contributed by atoms with Crippen LogP contribution in [0.3, 0.4) is 0 Å². The van der Waals surface area contributed by atoms with Gasteiger partial charge in [-0.15, -0.1) is 10.2 Å². The largest absolute Gasteiger partial charge is 0.366 e. The molecule has 0 unspecified atom stereocenters. The van der Waals surface area contributed by atoms with Crippen LogP contribution in [0.25, 0.3) is 0 Å². The van der Waals surface area contributed by atoms with Gasteiger partial charge in [0.25, 0.3) is 5.91 Å². The lowest BCUT2D eigenvalue weighted by atomic mass is 10.2. The number of piperazine rings is 1. The lowest BCUT2D eigenvalue weighted by Crippen LogP contribution is -2.47. The zero-order valence-corrected chi connectivity index (χ0v) is 15.6. The van der Waals surface area contributed by atoms with Gasteiger partial charge in [-0.25, -0.2) is 8.78 Å². The fourth-order valence-electron chi connectivity index (χ4n) is 3.27. The Morgan fingerprint density at radius 1 is 0.793 bits per heavy atom. The number of amides is 1. The second kappa shape index (κ2) is 8.22. The number of hydrogen-bond donors (Lipinski definition) is 1.